The summed E-state index contributed by atoms with van der Waals surface area (Å²) in [6, 6.07) is 16.6. The maximum Gasteiger partial charge on any atom is 0.263 e. The molecule has 4 rings (SSSR count). The molecule has 0 aliphatic heterocycles. The summed E-state index contributed by atoms with van der Waals surface area (Å²) in [5, 5.41) is 9.89. The highest BCUT2D eigenvalue weighted by Gasteiger charge is 2.16. The van der Waals surface area contributed by atoms with Crippen molar-refractivity contribution in [2.75, 3.05) is 26.1 Å². The van der Waals surface area contributed by atoms with E-state index in [1.807, 2.05) is 48.7 Å². The molecule has 8 nitrogen and oxygen atoms in total. The molecule has 164 valence electrons. The van der Waals surface area contributed by atoms with Gasteiger partial charge in [0.2, 0.25) is 5.13 Å². The number of para-hydroxylation sites is 1. The molecule has 1 amide bonds. The first-order valence-electron chi connectivity index (χ1n) is 9.80. The molecule has 0 aliphatic rings. The predicted molar refractivity (Wildman–Crippen MR) is 123 cm³/mol. The minimum atomic E-state index is -0.285. The molecule has 2 heterocycles. The molecule has 0 saturated heterocycles. The lowest BCUT2D eigenvalue weighted by atomic mass is 10.1. The number of anilines is 1. The lowest BCUT2D eigenvalue weighted by Crippen LogP contribution is -2.21. The van der Waals surface area contributed by atoms with E-state index in [1.54, 1.807) is 37.1 Å². The number of nitrogens with zero attached hydrogens (tertiary/aromatic N) is 3. The van der Waals surface area contributed by atoms with Crippen molar-refractivity contribution < 1.29 is 19.0 Å². The van der Waals surface area contributed by atoms with Crippen molar-refractivity contribution in [2.24, 2.45) is 0 Å². The van der Waals surface area contributed by atoms with Gasteiger partial charge in [-0.3, -0.25) is 4.79 Å². The number of nitrogens with one attached hydrogen (secondary N) is 1. The van der Waals surface area contributed by atoms with Crippen LogP contribution in [0.4, 0.5) is 5.82 Å². The van der Waals surface area contributed by atoms with Crippen molar-refractivity contribution in [3.8, 4) is 33.6 Å². The summed E-state index contributed by atoms with van der Waals surface area (Å²) in [4.78, 5) is 17.1. The van der Waals surface area contributed by atoms with Crippen LogP contribution < -0.4 is 19.5 Å². The first-order chi connectivity index (χ1) is 15.6. The molecule has 2 aromatic carbocycles. The van der Waals surface area contributed by atoms with Gasteiger partial charge in [0, 0.05) is 17.0 Å². The Bertz CT molecular complexity index is 1220. The fraction of sp³-hybridized carbons (Fsp3) is 0.174. The normalized spacial score (nSPS) is 10.6. The van der Waals surface area contributed by atoms with Gasteiger partial charge in [-0.1, -0.05) is 18.2 Å². The Balaban J connectivity index is 1.52. The molecule has 0 radical (unpaired) electrons. The molecule has 0 unspecified atom stereocenters. The van der Waals surface area contributed by atoms with E-state index >= 15 is 0 Å². The van der Waals surface area contributed by atoms with E-state index in [0.29, 0.717) is 28.2 Å². The Morgan fingerprint density at radius 3 is 2.59 bits per heavy atom. The van der Waals surface area contributed by atoms with E-state index < -0.39 is 0 Å². The summed E-state index contributed by atoms with van der Waals surface area (Å²) in [5.41, 5.74) is 2.41. The maximum absolute atomic E-state index is 12.4. The van der Waals surface area contributed by atoms with E-state index in [9.17, 15) is 4.79 Å². The zero-order chi connectivity index (χ0) is 22.5. The van der Waals surface area contributed by atoms with Gasteiger partial charge in [-0.25, -0.2) is 4.98 Å². The molecule has 9 heteroatoms. The van der Waals surface area contributed by atoms with Crippen LogP contribution >= 0.6 is 11.3 Å². The van der Waals surface area contributed by atoms with E-state index in [4.69, 9.17) is 19.2 Å². The van der Waals surface area contributed by atoms with E-state index in [0.717, 1.165) is 17.0 Å². The van der Waals surface area contributed by atoms with Crippen LogP contribution in [0.3, 0.4) is 0 Å². The van der Waals surface area contributed by atoms with Crippen LogP contribution in [0.2, 0.25) is 0 Å². The van der Waals surface area contributed by atoms with Gasteiger partial charge in [0.15, 0.2) is 18.1 Å². The highest BCUT2D eigenvalue weighted by molar-refractivity contribution is 7.12. The van der Waals surface area contributed by atoms with Crippen molar-refractivity contribution in [2.45, 2.75) is 6.92 Å². The maximum atomic E-state index is 12.4. The number of aryl methyl sites for hydroxylation is 1. The minimum absolute atomic E-state index is 0.108. The van der Waals surface area contributed by atoms with Crippen LogP contribution in [0.15, 0.2) is 60.0 Å². The van der Waals surface area contributed by atoms with Gasteiger partial charge in [-0.2, -0.15) is 9.78 Å². The van der Waals surface area contributed by atoms with Crippen molar-refractivity contribution in [3.05, 3.63) is 65.7 Å². The third-order valence-corrected chi connectivity index (χ3v) is 5.38. The zero-order valence-corrected chi connectivity index (χ0v) is 18.7. The Morgan fingerprint density at radius 2 is 1.84 bits per heavy atom. The summed E-state index contributed by atoms with van der Waals surface area (Å²) in [5.74, 6) is 2.15. The molecular formula is C23H22N4O4S. The van der Waals surface area contributed by atoms with Gasteiger partial charge in [0.25, 0.3) is 5.91 Å². The molecule has 0 saturated carbocycles. The minimum Gasteiger partial charge on any atom is -0.493 e. The Hall–Kier alpha value is -3.85. The van der Waals surface area contributed by atoms with Gasteiger partial charge < -0.3 is 19.5 Å². The highest BCUT2D eigenvalue weighted by Crippen LogP contribution is 2.33. The molecule has 2 aromatic heterocycles. The second-order valence-electron chi connectivity index (χ2n) is 6.82. The number of ether oxygens (including phenoxy) is 3. The topological polar surface area (TPSA) is 87.5 Å². The van der Waals surface area contributed by atoms with Crippen molar-refractivity contribution in [1.29, 1.82) is 0 Å². The van der Waals surface area contributed by atoms with Gasteiger partial charge in [-0.05, 0) is 37.3 Å². The highest BCUT2D eigenvalue weighted by atomic mass is 32.1. The molecule has 32 heavy (non-hydrogen) atoms. The Morgan fingerprint density at radius 1 is 1.06 bits per heavy atom. The van der Waals surface area contributed by atoms with Crippen molar-refractivity contribution in [3.63, 3.8) is 0 Å². The Kier molecular flexibility index (Phi) is 6.37. The van der Waals surface area contributed by atoms with Gasteiger partial charge in [-0.15, -0.1) is 11.3 Å². The molecule has 0 fully saturated rings. The number of aromatic nitrogens is 3. The SMILES string of the molecule is COc1ccc(-c2csc(-n3nc(C)cc3NC(=O)COc3ccccc3)n2)cc1OC. The first kappa shape index (κ1) is 21.4. The molecule has 4 aromatic rings. The fourth-order valence-electron chi connectivity index (χ4n) is 3.07. The van der Waals surface area contributed by atoms with Crippen LogP contribution in [-0.4, -0.2) is 41.5 Å². The van der Waals surface area contributed by atoms with Gasteiger partial charge >= 0.3 is 0 Å². The molecule has 0 atom stereocenters. The summed E-state index contributed by atoms with van der Waals surface area (Å²) in [6.07, 6.45) is 0. The average Bonchev–Trinajstić information content (AvgIpc) is 3.44. The Labute approximate surface area is 189 Å². The van der Waals surface area contributed by atoms with Crippen LogP contribution in [0.25, 0.3) is 16.4 Å². The summed E-state index contributed by atoms with van der Waals surface area (Å²) >= 11 is 1.42. The van der Waals surface area contributed by atoms with Crippen LogP contribution in [-0.2, 0) is 4.79 Å². The third-order valence-electron chi connectivity index (χ3n) is 4.56. The first-order valence-corrected chi connectivity index (χ1v) is 10.7. The smallest absolute Gasteiger partial charge is 0.263 e. The van der Waals surface area contributed by atoms with Crippen molar-refractivity contribution in [1.82, 2.24) is 14.8 Å². The third kappa shape index (κ3) is 4.73. The number of benzene rings is 2. The van der Waals surface area contributed by atoms with Crippen LogP contribution in [0, 0.1) is 6.92 Å². The number of amides is 1. The number of carbonyl (C=O) groups excluding carboxylic acids is 1. The lowest BCUT2D eigenvalue weighted by molar-refractivity contribution is -0.118. The molecule has 0 bridgehead atoms. The number of thiazole rings is 1. The van der Waals surface area contributed by atoms with E-state index in [-0.39, 0.29) is 12.5 Å². The van der Waals surface area contributed by atoms with Crippen molar-refractivity contribution >= 4 is 23.1 Å². The lowest BCUT2D eigenvalue weighted by Gasteiger charge is -2.09. The number of carbonyl (C=O) groups is 1. The molecule has 1 N–H and O–H groups in total. The summed E-state index contributed by atoms with van der Waals surface area (Å²) in [7, 11) is 3.19. The number of rotatable bonds is 8. The van der Waals surface area contributed by atoms with Crippen LogP contribution in [0.5, 0.6) is 17.2 Å². The quantitative estimate of drug-likeness (QED) is 0.430. The number of hydrogen-bond donors (Lipinski definition) is 1. The predicted octanol–water partition coefficient (Wildman–Crippen LogP) is 4.34. The molecular weight excluding hydrogens is 428 g/mol. The molecule has 0 spiro atoms. The monoisotopic (exact) mass is 450 g/mol. The largest absolute Gasteiger partial charge is 0.493 e. The van der Waals surface area contributed by atoms with E-state index in [2.05, 4.69) is 10.4 Å². The van der Waals surface area contributed by atoms with Gasteiger partial charge in [0.1, 0.15) is 11.6 Å². The zero-order valence-electron chi connectivity index (χ0n) is 17.9. The summed E-state index contributed by atoms with van der Waals surface area (Å²) < 4.78 is 17.8. The summed E-state index contributed by atoms with van der Waals surface area (Å²) in [6.45, 7) is 1.75. The van der Waals surface area contributed by atoms with Gasteiger partial charge in [0.05, 0.1) is 25.6 Å². The fourth-order valence-corrected chi connectivity index (χ4v) is 3.86. The average molecular weight is 451 g/mol. The number of methoxy groups -OCH3 is 2. The second-order valence-corrected chi connectivity index (χ2v) is 7.65. The standard InChI is InChI=1S/C23H22N4O4S/c1-15-11-21(25-22(28)13-31-17-7-5-4-6-8-17)27(26-15)23-24-18(14-32-23)16-9-10-19(29-2)20(12-16)30-3/h4-12,14H,13H2,1-3H3,(H,25,28). The number of hydrogen-bond acceptors (Lipinski definition) is 7. The second kappa shape index (κ2) is 9.52. The van der Waals surface area contributed by atoms with Crippen LogP contribution in [0.1, 0.15) is 5.69 Å². The molecule has 0 aliphatic carbocycles. The van der Waals surface area contributed by atoms with E-state index in [1.165, 1.54) is 11.3 Å².